The van der Waals surface area contributed by atoms with Gasteiger partial charge in [-0.2, -0.15) is 0 Å². The third-order valence-electron chi connectivity index (χ3n) is 4.06. The van der Waals surface area contributed by atoms with E-state index < -0.39 is 12.1 Å². The normalized spacial score (nSPS) is 16.2. The molecule has 0 fully saturated rings. The highest BCUT2D eigenvalue weighted by Crippen LogP contribution is 2.43. The zero-order valence-electron chi connectivity index (χ0n) is 13.7. The Balaban J connectivity index is 1.95. The van der Waals surface area contributed by atoms with Crippen LogP contribution in [-0.4, -0.2) is 23.6 Å². The average molecular weight is 380 g/mol. The predicted octanol–water partition coefficient (Wildman–Crippen LogP) is 4.20. The van der Waals surface area contributed by atoms with Crippen LogP contribution in [0.4, 0.5) is 5.00 Å². The molecule has 0 radical (unpaired) electrons. The molecule has 1 aliphatic rings. The standard InChI is InChI=1S/C18H18ClNO4S/c1-2-24-18(23)14-12-4-3-5-13(21)15(12)25-17(14)20-16(22)10-6-8-11(19)9-7-10/h6-9,13,21H,2-5H2,1H3,(H,20,22). The lowest BCUT2D eigenvalue weighted by Gasteiger charge is -2.17. The van der Waals surface area contributed by atoms with Gasteiger partial charge in [0, 0.05) is 15.5 Å². The number of nitrogens with one attached hydrogen (secondary N) is 1. The highest BCUT2D eigenvalue weighted by atomic mass is 35.5. The van der Waals surface area contributed by atoms with Crippen molar-refractivity contribution in [1.29, 1.82) is 0 Å². The van der Waals surface area contributed by atoms with Crippen molar-refractivity contribution < 1.29 is 19.4 Å². The molecule has 1 unspecified atom stereocenters. The lowest BCUT2D eigenvalue weighted by molar-refractivity contribution is 0.0526. The van der Waals surface area contributed by atoms with Crippen molar-refractivity contribution in [3.8, 4) is 0 Å². The molecule has 1 aromatic heterocycles. The highest BCUT2D eigenvalue weighted by molar-refractivity contribution is 7.17. The minimum Gasteiger partial charge on any atom is -0.462 e. The minimum absolute atomic E-state index is 0.247. The Labute approximate surface area is 154 Å². The molecule has 7 heteroatoms. The molecule has 5 nitrogen and oxygen atoms in total. The molecule has 2 N–H and O–H groups in total. The van der Waals surface area contributed by atoms with E-state index in [4.69, 9.17) is 16.3 Å². The summed E-state index contributed by atoms with van der Waals surface area (Å²) >= 11 is 7.09. The van der Waals surface area contributed by atoms with Gasteiger partial charge < -0.3 is 15.2 Å². The Kier molecular flexibility index (Phi) is 5.42. The Bertz CT molecular complexity index is 800. The second-order valence-corrected chi connectivity index (χ2v) is 7.23. The maximum atomic E-state index is 12.5. The maximum Gasteiger partial charge on any atom is 0.341 e. The minimum atomic E-state index is -0.608. The van der Waals surface area contributed by atoms with Crippen molar-refractivity contribution in [2.45, 2.75) is 32.3 Å². The number of fused-ring (bicyclic) bond motifs is 1. The zero-order chi connectivity index (χ0) is 18.0. The van der Waals surface area contributed by atoms with Crippen LogP contribution in [0.3, 0.4) is 0 Å². The first-order chi connectivity index (χ1) is 12.0. The molecule has 0 saturated heterocycles. The van der Waals surface area contributed by atoms with Crippen molar-refractivity contribution >= 4 is 39.8 Å². The number of aliphatic hydroxyl groups excluding tert-OH is 1. The third kappa shape index (κ3) is 3.71. The summed E-state index contributed by atoms with van der Waals surface area (Å²) in [4.78, 5) is 25.6. The van der Waals surface area contributed by atoms with E-state index in [0.717, 1.165) is 16.9 Å². The van der Waals surface area contributed by atoms with E-state index >= 15 is 0 Å². The molecular weight excluding hydrogens is 362 g/mol. The SMILES string of the molecule is CCOC(=O)c1c(NC(=O)c2ccc(Cl)cc2)sc2c1CCCC2O. The van der Waals surface area contributed by atoms with Gasteiger partial charge in [0.1, 0.15) is 5.00 Å². The van der Waals surface area contributed by atoms with E-state index in [-0.39, 0.29) is 12.5 Å². The van der Waals surface area contributed by atoms with Gasteiger partial charge in [0.2, 0.25) is 0 Å². The summed E-state index contributed by atoms with van der Waals surface area (Å²) in [6, 6.07) is 6.49. The predicted molar refractivity (Wildman–Crippen MR) is 97.6 cm³/mol. The number of anilines is 1. The van der Waals surface area contributed by atoms with Crippen LogP contribution >= 0.6 is 22.9 Å². The molecule has 3 rings (SSSR count). The number of hydrogen-bond acceptors (Lipinski definition) is 5. The van der Waals surface area contributed by atoms with Crippen molar-refractivity contribution in [2.24, 2.45) is 0 Å². The van der Waals surface area contributed by atoms with Gasteiger partial charge in [-0.3, -0.25) is 4.79 Å². The fraction of sp³-hybridized carbons (Fsp3) is 0.333. The van der Waals surface area contributed by atoms with Gasteiger partial charge in [0.25, 0.3) is 5.91 Å². The molecule has 25 heavy (non-hydrogen) atoms. The maximum absolute atomic E-state index is 12.5. The number of halogens is 1. The molecule has 0 saturated carbocycles. The summed E-state index contributed by atoms with van der Waals surface area (Å²) in [6.45, 7) is 1.98. The molecule has 132 valence electrons. The zero-order valence-corrected chi connectivity index (χ0v) is 15.2. The van der Waals surface area contributed by atoms with E-state index in [0.29, 0.717) is 34.0 Å². The number of hydrogen-bond donors (Lipinski definition) is 2. The molecule has 0 spiro atoms. The number of rotatable bonds is 4. The van der Waals surface area contributed by atoms with Crippen LogP contribution in [0.1, 0.15) is 57.0 Å². The fourth-order valence-corrected chi connectivity index (χ4v) is 4.27. The topological polar surface area (TPSA) is 75.6 Å². The number of carbonyl (C=O) groups excluding carboxylic acids is 2. The quantitative estimate of drug-likeness (QED) is 0.780. The van der Waals surface area contributed by atoms with Crippen LogP contribution in [0.15, 0.2) is 24.3 Å². The lowest BCUT2D eigenvalue weighted by atomic mass is 9.93. The van der Waals surface area contributed by atoms with Gasteiger partial charge in [-0.25, -0.2) is 4.79 Å². The van der Waals surface area contributed by atoms with Crippen LogP contribution in [-0.2, 0) is 11.2 Å². The van der Waals surface area contributed by atoms with E-state index in [1.165, 1.54) is 11.3 Å². The van der Waals surface area contributed by atoms with Crippen LogP contribution in [0.25, 0.3) is 0 Å². The first-order valence-electron chi connectivity index (χ1n) is 8.09. The summed E-state index contributed by atoms with van der Waals surface area (Å²) in [5.41, 5.74) is 1.59. The van der Waals surface area contributed by atoms with Crippen LogP contribution in [0.5, 0.6) is 0 Å². The second-order valence-electron chi connectivity index (χ2n) is 5.74. The van der Waals surface area contributed by atoms with Gasteiger partial charge in [-0.15, -0.1) is 11.3 Å². The number of carbonyl (C=O) groups is 2. The third-order valence-corrected chi connectivity index (χ3v) is 5.56. The van der Waals surface area contributed by atoms with Crippen molar-refractivity contribution in [3.05, 3.63) is 50.9 Å². The summed E-state index contributed by atoms with van der Waals surface area (Å²) in [6.07, 6.45) is 1.53. The number of benzene rings is 1. The van der Waals surface area contributed by atoms with E-state index in [2.05, 4.69) is 5.32 Å². The lowest BCUT2D eigenvalue weighted by Crippen LogP contribution is -2.16. The van der Waals surface area contributed by atoms with Crippen molar-refractivity contribution in [3.63, 3.8) is 0 Å². The Morgan fingerprint density at radius 3 is 2.76 bits per heavy atom. The number of ether oxygens (including phenoxy) is 1. The summed E-state index contributed by atoms with van der Waals surface area (Å²) < 4.78 is 5.15. The summed E-state index contributed by atoms with van der Waals surface area (Å²) in [5.74, 6) is -0.809. The largest absolute Gasteiger partial charge is 0.462 e. The molecule has 1 amide bonds. The molecule has 1 heterocycles. The van der Waals surface area contributed by atoms with Crippen LogP contribution < -0.4 is 5.32 Å². The smallest absolute Gasteiger partial charge is 0.341 e. The summed E-state index contributed by atoms with van der Waals surface area (Å²) in [5, 5.41) is 14.0. The number of esters is 1. The molecular formula is C18H18ClNO4S. The van der Waals surface area contributed by atoms with E-state index in [9.17, 15) is 14.7 Å². The fourth-order valence-electron chi connectivity index (χ4n) is 2.89. The molecule has 0 aliphatic heterocycles. The number of thiophene rings is 1. The molecule has 2 aromatic rings. The van der Waals surface area contributed by atoms with Crippen LogP contribution in [0, 0.1) is 0 Å². The highest BCUT2D eigenvalue weighted by Gasteiger charge is 2.31. The first-order valence-corrected chi connectivity index (χ1v) is 9.28. The number of aliphatic hydroxyl groups is 1. The Morgan fingerprint density at radius 1 is 1.36 bits per heavy atom. The second kappa shape index (κ2) is 7.56. The molecule has 1 aliphatic carbocycles. The Hall–Kier alpha value is -1.89. The van der Waals surface area contributed by atoms with E-state index in [1.807, 2.05) is 0 Å². The monoisotopic (exact) mass is 379 g/mol. The molecule has 0 bridgehead atoms. The number of amides is 1. The van der Waals surface area contributed by atoms with Gasteiger partial charge >= 0.3 is 5.97 Å². The van der Waals surface area contributed by atoms with Crippen molar-refractivity contribution in [2.75, 3.05) is 11.9 Å². The van der Waals surface area contributed by atoms with Gasteiger partial charge in [0.05, 0.1) is 18.3 Å². The van der Waals surface area contributed by atoms with Crippen LogP contribution in [0.2, 0.25) is 5.02 Å². The van der Waals surface area contributed by atoms with Crippen molar-refractivity contribution in [1.82, 2.24) is 0 Å². The van der Waals surface area contributed by atoms with Gasteiger partial charge in [-0.05, 0) is 56.0 Å². The first kappa shape index (κ1) is 17.9. The summed E-state index contributed by atoms with van der Waals surface area (Å²) in [7, 11) is 0. The van der Waals surface area contributed by atoms with E-state index in [1.54, 1.807) is 31.2 Å². The average Bonchev–Trinajstić information content (AvgIpc) is 2.95. The van der Waals surface area contributed by atoms with Gasteiger partial charge in [-0.1, -0.05) is 11.6 Å². The molecule has 1 atom stereocenters. The Morgan fingerprint density at radius 2 is 2.08 bits per heavy atom. The van der Waals surface area contributed by atoms with Gasteiger partial charge in [0.15, 0.2) is 0 Å². The molecule has 1 aromatic carbocycles.